The van der Waals surface area contributed by atoms with Crippen molar-refractivity contribution in [3.8, 4) is 11.3 Å². The summed E-state index contributed by atoms with van der Waals surface area (Å²) in [6.07, 6.45) is 2.58. The average Bonchev–Trinajstić information content (AvgIpc) is 3.13. The number of carbonyl (C=O) groups is 1. The summed E-state index contributed by atoms with van der Waals surface area (Å²) in [4.78, 5) is 27.1. The van der Waals surface area contributed by atoms with E-state index >= 15 is 0 Å². The molecule has 0 radical (unpaired) electrons. The van der Waals surface area contributed by atoms with Gasteiger partial charge in [-0.25, -0.2) is 4.98 Å². The van der Waals surface area contributed by atoms with Crippen molar-refractivity contribution >= 4 is 22.8 Å². The Balaban J connectivity index is 1.49. The Morgan fingerprint density at radius 3 is 2.56 bits per heavy atom. The number of anilines is 1. The van der Waals surface area contributed by atoms with E-state index in [1.165, 1.54) is 0 Å². The third-order valence-corrected chi connectivity index (χ3v) is 6.34. The lowest BCUT2D eigenvalue weighted by atomic mass is 10.1. The first-order valence-corrected chi connectivity index (χ1v) is 12.0. The van der Waals surface area contributed by atoms with Gasteiger partial charge in [-0.05, 0) is 31.4 Å². The van der Waals surface area contributed by atoms with Gasteiger partial charge in [0.05, 0.1) is 0 Å². The van der Waals surface area contributed by atoms with Gasteiger partial charge < -0.3 is 14.3 Å². The van der Waals surface area contributed by atoms with Gasteiger partial charge in [-0.3, -0.25) is 4.79 Å². The second kappa shape index (κ2) is 9.63. The molecule has 2 aromatic heterocycles. The van der Waals surface area contributed by atoms with Gasteiger partial charge in [0.15, 0.2) is 0 Å². The molecular formula is C27H29N5O2. The highest BCUT2D eigenvalue weighted by Gasteiger charge is 2.26. The normalized spacial score (nSPS) is 14.4. The Morgan fingerprint density at radius 2 is 1.76 bits per heavy atom. The molecule has 4 aromatic rings. The molecule has 0 atom stereocenters. The predicted molar refractivity (Wildman–Crippen MR) is 133 cm³/mol. The van der Waals surface area contributed by atoms with Crippen LogP contribution in [0.4, 0.5) is 5.82 Å². The average molecular weight is 456 g/mol. The summed E-state index contributed by atoms with van der Waals surface area (Å²) in [5.41, 5.74) is 4.03. The quantitative estimate of drug-likeness (QED) is 0.426. The fourth-order valence-electron chi connectivity index (χ4n) is 4.55. The molecule has 0 saturated carbocycles. The Morgan fingerprint density at radius 1 is 0.971 bits per heavy atom. The molecule has 5 rings (SSSR count). The summed E-state index contributed by atoms with van der Waals surface area (Å²) in [7, 11) is 0. The number of nitrogens with zero attached hydrogens (tertiary/aromatic N) is 5. The first-order valence-electron chi connectivity index (χ1n) is 12.0. The molecule has 0 aliphatic carbocycles. The lowest BCUT2D eigenvalue weighted by Gasteiger charge is -2.24. The molecule has 174 valence electrons. The van der Waals surface area contributed by atoms with E-state index in [1.807, 2.05) is 66.4 Å². The summed E-state index contributed by atoms with van der Waals surface area (Å²) in [5, 5.41) is 5.21. The number of amides is 1. The molecule has 0 unspecified atom stereocenters. The zero-order valence-electron chi connectivity index (χ0n) is 19.7. The molecule has 0 spiro atoms. The zero-order chi connectivity index (χ0) is 23.5. The minimum absolute atomic E-state index is 0.0920. The number of rotatable bonds is 5. The van der Waals surface area contributed by atoms with E-state index in [1.54, 1.807) is 0 Å². The largest absolute Gasteiger partial charge is 0.354 e. The maximum atomic E-state index is 13.2. The van der Waals surface area contributed by atoms with Crippen molar-refractivity contribution in [3.63, 3.8) is 0 Å². The summed E-state index contributed by atoms with van der Waals surface area (Å²) in [6, 6.07) is 17.8. The molecule has 3 heterocycles. The molecule has 1 aliphatic heterocycles. The van der Waals surface area contributed by atoms with Crippen molar-refractivity contribution in [3.05, 3.63) is 71.5 Å². The Labute approximate surface area is 199 Å². The molecule has 0 bridgehead atoms. The van der Waals surface area contributed by atoms with Crippen LogP contribution in [0.15, 0.2) is 59.1 Å². The fourth-order valence-corrected chi connectivity index (χ4v) is 4.55. The van der Waals surface area contributed by atoms with Gasteiger partial charge >= 0.3 is 0 Å². The van der Waals surface area contributed by atoms with Crippen LogP contribution >= 0.6 is 0 Å². The molecule has 0 N–H and O–H groups in total. The van der Waals surface area contributed by atoms with Gasteiger partial charge in [-0.1, -0.05) is 60.6 Å². The van der Waals surface area contributed by atoms with E-state index < -0.39 is 0 Å². The number of benzene rings is 2. The second-order valence-corrected chi connectivity index (χ2v) is 8.74. The summed E-state index contributed by atoms with van der Waals surface area (Å²) >= 11 is 0. The molecule has 1 aliphatic rings. The number of carbonyl (C=O) groups excluding carboxylic acids is 1. The predicted octanol–water partition coefficient (Wildman–Crippen LogP) is 4.90. The van der Waals surface area contributed by atoms with Gasteiger partial charge in [0.25, 0.3) is 11.6 Å². The summed E-state index contributed by atoms with van der Waals surface area (Å²) in [6.45, 7) is 6.94. The van der Waals surface area contributed by atoms with Gasteiger partial charge in [-0.15, -0.1) is 0 Å². The van der Waals surface area contributed by atoms with Crippen LogP contribution in [0, 0.1) is 6.92 Å². The second-order valence-electron chi connectivity index (χ2n) is 8.74. The molecule has 7 heteroatoms. The molecule has 1 amide bonds. The molecule has 1 saturated heterocycles. The molecule has 7 nitrogen and oxygen atoms in total. The Kier molecular flexibility index (Phi) is 6.25. The number of hydrogen-bond donors (Lipinski definition) is 0. The third kappa shape index (κ3) is 4.25. The van der Waals surface area contributed by atoms with E-state index in [0.29, 0.717) is 18.8 Å². The van der Waals surface area contributed by atoms with E-state index in [2.05, 4.69) is 22.0 Å². The Hall–Kier alpha value is -3.74. The van der Waals surface area contributed by atoms with Crippen LogP contribution in [0.25, 0.3) is 22.4 Å². The van der Waals surface area contributed by atoms with E-state index in [-0.39, 0.29) is 5.91 Å². The SMILES string of the molecule is CCCc1nc(N2CCCN(C(=O)c3ccccc3C)CC2)c2c(-c3ccccc3)noc2n1. The third-order valence-electron chi connectivity index (χ3n) is 6.34. The van der Waals surface area contributed by atoms with Gasteiger partial charge in [-0.2, -0.15) is 4.98 Å². The minimum atomic E-state index is 0.0920. The first-order chi connectivity index (χ1) is 16.7. The molecule has 1 fully saturated rings. The van der Waals surface area contributed by atoms with Crippen molar-refractivity contribution in [2.75, 3.05) is 31.1 Å². The zero-order valence-corrected chi connectivity index (χ0v) is 19.7. The van der Waals surface area contributed by atoms with Crippen molar-refractivity contribution < 1.29 is 9.32 Å². The van der Waals surface area contributed by atoms with Gasteiger partial charge in [0.2, 0.25) is 0 Å². The number of hydrogen-bond acceptors (Lipinski definition) is 6. The summed E-state index contributed by atoms with van der Waals surface area (Å²) in [5.74, 6) is 1.70. The standard InChI is InChI=1S/C27H29N5O2/c1-3-10-22-28-25(23-24(30-34-26(23)29-22)20-12-5-4-6-13-20)31-15-9-16-32(18-17-31)27(33)21-14-8-7-11-19(21)2/h4-8,11-14H,3,9-10,15-18H2,1-2H3. The molecule has 2 aromatic carbocycles. The van der Waals surface area contributed by atoms with Crippen LogP contribution in [-0.2, 0) is 6.42 Å². The number of fused-ring (bicyclic) bond motifs is 1. The first kappa shape index (κ1) is 22.1. The van der Waals surface area contributed by atoms with Crippen LogP contribution in [0.2, 0.25) is 0 Å². The van der Waals surface area contributed by atoms with Gasteiger partial charge in [0, 0.05) is 43.7 Å². The maximum Gasteiger partial charge on any atom is 0.263 e. The number of aromatic nitrogens is 3. The van der Waals surface area contributed by atoms with Gasteiger partial charge in [0.1, 0.15) is 22.7 Å². The van der Waals surface area contributed by atoms with Crippen molar-refractivity contribution in [1.29, 1.82) is 0 Å². The maximum absolute atomic E-state index is 13.2. The van der Waals surface area contributed by atoms with Crippen LogP contribution < -0.4 is 4.90 Å². The minimum Gasteiger partial charge on any atom is -0.354 e. The molecular weight excluding hydrogens is 426 g/mol. The van der Waals surface area contributed by atoms with E-state index in [9.17, 15) is 4.79 Å². The Bertz CT molecular complexity index is 1300. The highest BCUT2D eigenvalue weighted by atomic mass is 16.5. The van der Waals surface area contributed by atoms with Crippen LogP contribution in [0.5, 0.6) is 0 Å². The summed E-state index contributed by atoms with van der Waals surface area (Å²) < 4.78 is 5.69. The van der Waals surface area contributed by atoms with E-state index in [4.69, 9.17) is 9.51 Å². The van der Waals surface area contributed by atoms with Crippen LogP contribution in [-0.4, -0.2) is 52.1 Å². The van der Waals surface area contributed by atoms with Crippen LogP contribution in [0.1, 0.15) is 41.5 Å². The fraction of sp³-hybridized carbons (Fsp3) is 0.333. The number of aryl methyl sites for hydroxylation is 2. The lowest BCUT2D eigenvalue weighted by Crippen LogP contribution is -2.35. The monoisotopic (exact) mass is 455 g/mol. The van der Waals surface area contributed by atoms with Crippen molar-refractivity contribution in [2.24, 2.45) is 0 Å². The lowest BCUT2D eigenvalue weighted by molar-refractivity contribution is 0.0766. The molecule has 34 heavy (non-hydrogen) atoms. The van der Waals surface area contributed by atoms with Crippen molar-refractivity contribution in [2.45, 2.75) is 33.1 Å². The smallest absolute Gasteiger partial charge is 0.263 e. The van der Waals surface area contributed by atoms with Crippen molar-refractivity contribution in [1.82, 2.24) is 20.0 Å². The highest BCUT2D eigenvalue weighted by Crippen LogP contribution is 2.34. The van der Waals surface area contributed by atoms with Crippen LogP contribution in [0.3, 0.4) is 0 Å². The highest BCUT2D eigenvalue weighted by molar-refractivity contribution is 5.98. The van der Waals surface area contributed by atoms with E-state index in [0.717, 1.165) is 71.8 Å². The topological polar surface area (TPSA) is 75.4 Å².